The van der Waals surface area contributed by atoms with E-state index in [1.807, 2.05) is 11.5 Å². The molecule has 0 aliphatic heterocycles. The van der Waals surface area contributed by atoms with Gasteiger partial charge < -0.3 is 9.88 Å². The van der Waals surface area contributed by atoms with E-state index in [1.54, 1.807) is 6.33 Å². The van der Waals surface area contributed by atoms with Crippen molar-refractivity contribution in [2.24, 2.45) is 0 Å². The molecule has 2 aromatic rings. The van der Waals surface area contributed by atoms with Gasteiger partial charge in [-0.25, -0.2) is 9.97 Å². The topological polar surface area (TPSA) is 68.5 Å². The van der Waals surface area contributed by atoms with E-state index in [0.717, 1.165) is 12.4 Å². The number of anilines is 1. The van der Waals surface area contributed by atoms with Crippen LogP contribution in [-0.2, 0) is 13.1 Å². The second-order valence-electron chi connectivity index (χ2n) is 3.21. The summed E-state index contributed by atoms with van der Waals surface area (Å²) in [7, 11) is 0. The smallest absolute Gasteiger partial charge is 0.152 e. The average molecular weight is 318 g/mol. The molecule has 0 aliphatic carbocycles. The maximum Gasteiger partial charge on any atom is 0.152 e. The predicted octanol–water partition coefficient (Wildman–Crippen LogP) is 2.12. The summed E-state index contributed by atoms with van der Waals surface area (Å²) >= 11 is 9.18. The van der Waals surface area contributed by atoms with Gasteiger partial charge in [0.05, 0.1) is 11.0 Å². The van der Waals surface area contributed by atoms with Crippen LogP contribution < -0.4 is 5.32 Å². The van der Waals surface area contributed by atoms with Gasteiger partial charge in [0.2, 0.25) is 0 Å². The number of nitrogens with zero attached hydrogens (tertiary/aromatic N) is 5. The van der Waals surface area contributed by atoms with Crippen molar-refractivity contribution in [3.05, 3.63) is 28.1 Å². The van der Waals surface area contributed by atoms with Gasteiger partial charge in [0.15, 0.2) is 5.82 Å². The zero-order valence-electron chi connectivity index (χ0n) is 9.06. The molecule has 17 heavy (non-hydrogen) atoms. The molecular weight excluding hydrogens is 307 g/mol. The maximum absolute atomic E-state index is 5.86. The molecule has 0 atom stereocenters. The minimum atomic E-state index is 0.374. The Bertz CT molecular complexity index is 514. The van der Waals surface area contributed by atoms with Gasteiger partial charge in [-0.15, -0.1) is 10.2 Å². The van der Waals surface area contributed by atoms with Crippen molar-refractivity contribution in [1.29, 1.82) is 0 Å². The second kappa shape index (κ2) is 5.42. The molecule has 0 saturated carbocycles. The highest BCUT2D eigenvalue weighted by atomic mass is 79.9. The molecule has 8 heteroatoms. The molecule has 0 amide bonds. The van der Waals surface area contributed by atoms with Crippen LogP contribution in [0.2, 0.25) is 5.15 Å². The molecule has 0 saturated heterocycles. The van der Waals surface area contributed by atoms with E-state index in [4.69, 9.17) is 11.6 Å². The second-order valence-corrected chi connectivity index (χ2v) is 4.36. The van der Waals surface area contributed by atoms with Crippen LogP contribution in [0, 0.1) is 0 Å². The number of aryl methyl sites for hydroxylation is 1. The van der Waals surface area contributed by atoms with E-state index >= 15 is 0 Å². The third kappa shape index (κ3) is 2.73. The molecule has 0 radical (unpaired) electrons. The van der Waals surface area contributed by atoms with Crippen molar-refractivity contribution in [2.45, 2.75) is 20.0 Å². The molecule has 0 aliphatic rings. The van der Waals surface area contributed by atoms with E-state index in [1.165, 1.54) is 6.33 Å². The molecule has 0 aromatic carbocycles. The van der Waals surface area contributed by atoms with E-state index < -0.39 is 0 Å². The van der Waals surface area contributed by atoms with Gasteiger partial charge in [0.25, 0.3) is 0 Å². The highest BCUT2D eigenvalue weighted by molar-refractivity contribution is 9.10. The number of halogens is 2. The first-order valence-corrected chi connectivity index (χ1v) is 6.16. The Morgan fingerprint density at radius 3 is 3.06 bits per heavy atom. The number of hydrogen-bond acceptors (Lipinski definition) is 5. The highest BCUT2D eigenvalue weighted by Gasteiger charge is 2.08. The summed E-state index contributed by atoms with van der Waals surface area (Å²) in [6.45, 7) is 3.39. The van der Waals surface area contributed by atoms with E-state index in [2.05, 4.69) is 41.4 Å². The number of rotatable bonds is 4. The van der Waals surface area contributed by atoms with Gasteiger partial charge in [-0.1, -0.05) is 11.6 Å². The fourth-order valence-corrected chi connectivity index (χ4v) is 1.79. The summed E-state index contributed by atoms with van der Waals surface area (Å²) in [6, 6.07) is 0. The SMILES string of the molecule is CCn1cnnc1CNc1ncnc(Cl)c1Br. The van der Waals surface area contributed by atoms with Crippen LogP contribution in [0.5, 0.6) is 0 Å². The van der Waals surface area contributed by atoms with Crippen LogP contribution in [-0.4, -0.2) is 24.7 Å². The Morgan fingerprint density at radius 1 is 1.47 bits per heavy atom. The zero-order chi connectivity index (χ0) is 12.3. The Hall–Kier alpha value is -1.21. The maximum atomic E-state index is 5.86. The number of aromatic nitrogens is 5. The molecule has 2 heterocycles. The Balaban J connectivity index is 2.10. The van der Waals surface area contributed by atoms with Crippen molar-refractivity contribution in [2.75, 3.05) is 5.32 Å². The summed E-state index contributed by atoms with van der Waals surface area (Å²) in [5.41, 5.74) is 0. The van der Waals surface area contributed by atoms with Gasteiger partial charge in [0, 0.05) is 6.54 Å². The minimum Gasteiger partial charge on any atom is -0.362 e. The summed E-state index contributed by atoms with van der Waals surface area (Å²) in [4.78, 5) is 7.94. The Labute approximate surface area is 112 Å². The first kappa shape index (κ1) is 12.3. The third-order valence-corrected chi connectivity index (χ3v) is 3.46. The Kier molecular flexibility index (Phi) is 3.90. The average Bonchev–Trinajstić information content (AvgIpc) is 2.78. The molecule has 0 bridgehead atoms. The normalized spacial score (nSPS) is 10.5. The first-order valence-electron chi connectivity index (χ1n) is 4.99. The lowest BCUT2D eigenvalue weighted by molar-refractivity contribution is 0.707. The lowest BCUT2D eigenvalue weighted by Crippen LogP contribution is -2.09. The van der Waals surface area contributed by atoms with E-state index in [0.29, 0.717) is 22.0 Å². The molecule has 0 unspecified atom stereocenters. The fourth-order valence-electron chi connectivity index (χ4n) is 1.31. The van der Waals surface area contributed by atoms with Crippen molar-refractivity contribution in [3.63, 3.8) is 0 Å². The van der Waals surface area contributed by atoms with Crippen molar-refractivity contribution >= 4 is 33.3 Å². The molecular formula is C9H10BrClN6. The Morgan fingerprint density at radius 2 is 2.29 bits per heavy atom. The molecule has 1 N–H and O–H groups in total. The van der Waals surface area contributed by atoms with Crippen LogP contribution in [0.1, 0.15) is 12.7 Å². The van der Waals surface area contributed by atoms with Crippen molar-refractivity contribution in [1.82, 2.24) is 24.7 Å². The van der Waals surface area contributed by atoms with Crippen LogP contribution in [0.3, 0.4) is 0 Å². The van der Waals surface area contributed by atoms with Gasteiger partial charge in [-0.3, -0.25) is 0 Å². The monoisotopic (exact) mass is 316 g/mol. The quantitative estimate of drug-likeness (QED) is 0.875. The van der Waals surface area contributed by atoms with E-state index in [9.17, 15) is 0 Å². The number of nitrogens with one attached hydrogen (secondary N) is 1. The summed E-state index contributed by atoms with van der Waals surface area (Å²) < 4.78 is 2.59. The third-order valence-electron chi connectivity index (χ3n) is 2.20. The lowest BCUT2D eigenvalue weighted by atomic mass is 10.5. The highest BCUT2D eigenvalue weighted by Crippen LogP contribution is 2.26. The van der Waals surface area contributed by atoms with Crippen LogP contribution in [0.15, 0.2) is 17.1 Å². The molecule has 90 valence electrons. The lowest BCUT2D eigenvalue weighted by Gasteiger charge is -2.07. The van der Waals surface area contributed by atoms with Crippen molar-refractivity contribution in [3.8, 4) is 0 Å². The van der Waals surface area contributed by atoms with Crippen LogP contribution in [0.4, 0.5) is 5.82 Å². The first-order chi connectivity index (χ1) is 8.22. The van der Waals surface area contributed by atoms with Crippen LogP contribution in [0.25, 0.3) is 0 Å². The summed E-state index contributed by atoms with van der Waals surface area (Å²) in [5.74, 6) is 1.48. The van der Waals surface area contributed by atoms with Gasteiger partial charge in [-0.05, 0) is 22.9 Å². The number of hydrogen-bond donors (Lipinski definition) is 1. The zero-order valence-corrected chi connectivity index (χ0v) is 11.4. The largest absolute Gasteiger partial charge is 0.362 e. The van der Waals surface area contributed by atoms with E-state index in [-0.39, 0.29) is 0 Å². The van der Waals surface area contributed by atoms with Crippen LogP contribution >= 0.6 is 27.5 Å². The summed E-state index contributed by atoms with van der Waals surface area (Å²) in [6.07, 6.45) is 3.10. The predicted molar refractivity (Wildman–Crippen MR) is 67.8 cm³/mol. The molecule has 0 fully saturated rings. The summed E-state index contributed by atoms with van der Waals surface area (Å²) in [5, 5.41) is 11.4. The molecule has 0 spiro atoms. The van der Waals surface area contributed by atoms with Gasteiger partial charge in [0.1, 0.15) is 23.6 Å². The molecule has 2 rings (SSSR count). The van der Waals surface area contributed by atoms with Gasteiger partial charge in [-0.2, -0.15) is 0 Å². The minimum absolute atomic E-state index is 0.374. The van der Waals surface area contributed by atoms with Gasteiger partial charge >= 0.3 is 0 Å². The molecule has 6 nitrogen and oxygen atoms in total. The molecule has 2 aromatic heterocycles. The fraction of sp³-hybridized carbons (Fsp3) is 0.333. The van der Waals surface area contributed by atoms with Crippen molar-refractivity contribution < 1.29 is 0 Å². The standard InChI is InChI=1S/C9H10BrClN6/c1-2-17-5-15-16-6(17)3-12-9-7(10)8(11)13-4-14-9/h4-5H,2-3H2,1H3,(H,12,13,14).